The Labute approximate surface area is 111 Å². The summed E-state index contributed by atoms with van der Waals surface area (Å²) in [6, 6.07) is 0. The minimum absolute atomic E-state index is 0.186. The number of cyclic esters (lactones) is 1. The van der Waals surface area contributed by atoms with Crippen LogP contribution in [0.15, 0.2) is 12.2 Å². The maximum absolute atomic E-state index is 11.7. The number of hydrogen-bond donors (Lipinski definition) is 0. The Balaban J connectivity index is 2.00. The molecule has 2 aliphatic heterocycles. The molecule has 2 heterocycles. The quantitative estimate of drug-likeness (QED) is 0.559. The Morgan fingerprint density at radius 2 is 2.11 bits per heavy atom. The first-order chi connectivity index (χ1) is 8.84. The van der Waals surface area contributed by atoms with Gasteiger partial charge in [0.2, 0.25) is 0 Å². The van der Waals surface area contributed by atoms with Gasteiger partial charge in [0.25, 0.3) is 0 Å². The lowest BCUT2D eigenvalue weighted by Gasteiger charge is -2.21. The first-order valence-electron chi connectivity index (χ1n) is 6.25. The second-order valence-electron chi connectivity index (χ2n) is 5.02. The summed E-state index contributed by atoms with van der Waals surface area (Å²) in [7, 11) is 0. The monoisotopic (exact) mass is 270 g/mol. The van der Waals surface area contributed by atoms with E-state index in [0.29, 0.717) is 0 Å². The molecule has 0 aliphatic carbocycles. The number of esters is 2. The summed E-state index contributed by atoms with van der Waals surface area (Å²) in [6.07, 6.45) is -1.61. The number of hydrogen-bond acceptors (Lipinski definition) is 6. The van der Waals surface area contributed by atoms with Gasteiger partial charge in [0.15, 0.2) is 11.9 Å². The molecular weight excluding hydrogens is 252 g/mol. The Morgan fingerprint density at radius 1 is 1.42 bits per heavy atom. The van der Waals surface area contributed by atoms with E-state index in [4.69, 9.17) is 18.9 Å². The Morgan fingerprint density at radius 3 is 2.74 bits per heavy atom. The first-order valence-corrected chi connectivity index (χ1v) is 6.25. The van der Waals surface area contributed by atoms with Crippen molar-refractivity contribution in [3.63, 3.8) is 0 Å². The minimum atomic E-state index is -0.821. The molecule has 3 atom stereocenters. The SMILES string of the molecule is C=C(C[C@@H]1OC(=O)[C@@H]2OC(C)(C)O[C@H]12)C(=O)OCC. The van der Waals surface area contributed by atoms with Crippen LogP contribution in [0.4, 0.5) is 0 Å². The zero-order valence-corrected chi connectivity index (χ0v) is 11.3. The molecule has 6 heteroatoms. The van der Waals surface area contributed by atoms with Crippen LogP contribution < -0.4 is 0 Å². The van der Waals surface area contributed by atoms with E-state index in [1.54, 1.807) is 20.8 Å². The van der Waals surface area contributed by atoms with Crippen molar-refractivity contribution in [2.45, 2.75) is 51.3 Å². The topological polar surface area (TPSA) is 71.1 Å². The third kappa shape index (κ3) is 2.79. The van der Waals surface area contributed by atoms with E-state index < -0.39 is 36.0 Å². The van der Waals surface area contributed by atoms with Crippen LogP contribution in [0, 0.1) is 0 Å². The second-order valence-corrected chi connectivity index (χ2v) is 5.02. The highest BCUT2D eigenvalue weighted by molar-refractivity contribution is 5.88. The van der Waals surface area contributed by atoms with Gasteiger partial charge >= 0.3 is 11.9 Å². The van der Waals surface area contributed by atoms with E-state index >= 15 is 0 Å². The van der Waals surface area contributed by atoms with Crippen molar-refractivity contribution in [3.05, 3.63) is 12.2 Å². The average molecular weight is 270 g/mol. The van der Waals surface area contributed by atoms with Gasteiger partial charge in [0, 0.05) is 12.0 Å². The molecule has 0 aromatic carbocycles. The molecule has 0 N–H and O–H groups in total. The molecule has 2 fully saturated rings. The van der Waals surface area contributed by atoms with Crippen LogP contribution in [0.2, 0.25) is 0 Å². The average Bonchev–Trinajstić information content (AvgIpc) is 2.76. The fourth-order valence-electron chi connectivity index (χ4n) is 2.24. The number of fused-ring (bicyclic) bond motifs is 1. The third-order valence-corrected chi connectivity index (χ3v) is 3.01. The van der Waals surface area contributed by atoms with Gasteiger partial charge in [0.05, 0.1) is 6.61 Å². The molecular formula is C13H18O6. The lowest BCUT2D eigenvalue weighted by Crippen LogP contribution is -2.30. The van der Waals surface area contributed by atoms with Gasteiger partial charge in [-0.25, -0.2) is 9.59 Å². The summed E-state index contributed by atoms with van der Waals surface area (Å²) < 4.78 is 21.1. The van der Waals surface area contributed by atoms with E-state index in [1.807, 2.05) is 0 Å². The van der Waals surface area contributed by atoms with Crippen LogP contribution in [-0.2, 0) is 28.5 Å². The molecule has 0 amide bonds. The van der Waals surface area contributed by atoms with Crippen LogP contribution in [0.1, 0.15) is 27.2 Å². The molecule has 6 nitrogen and oxygen atoms in total. The van der Waals surface area contributed by atoms with Gasteiger partial charge < -0.3 is 18.9 Å². The first kappa shape index (κ1) is 14.0. The Kier molecular flexibility index (Phi) is 3.64. The highest BCUT2D eigenvalue weighted by atomic mass is 16.8. The van der Waals surface area contributed by atoms with Crippen molar-refractivity contribution in [2.75, 3.05) is 6.61 Å². The summed E-state index contributed by atoms with van der Waals surface area (Å²) in [5.74, 6) is -1.77. The lowest BCUT2D eigenvalue weighted by atomic mass is 10.0. The standard InChI is InChI=1S/C13H18O6/c1-5-16-11(14)7(2)6-8-9-10(12(15)17-8)19-13(3,4)18-9/h8-10H,2,5-6H2,1,3-4H3/t8-,9+,10+/m0/s1. The van der Waals surface area contributed by atoms with Gasteiger partial charge in [-0.15, -0.1) is 0 Å². The fourth-order valence-corrected chi connectivity index (χ4v) is 2.24. The zero-order valence-electron chi connectivity index (χ0n) is 11.3. The van der Waals surface area contributed by atoms with Crippen LogP contribution in [0.3, 0.4) is 0 Å². The van der Waals surface area contributed by atoms with Gasteiger partial charge in [0.1, 0.15) is 12.2 Å². The van der Waals surface area contributed by atoms with Crippen molar-refractivity contribution < 1.29 is 28.5 Å². The summed E-state index contributed by atoms with van der Waals surface area (Å²) in [5.41, 5.74) is 0.258. The van der Waals surface area contributed by atoms with Crippen LogP contribution in [-0.4, -0.2) is 42.6 Å². The molecule has 0 bridgehead atoms. The summed E-state index contributed by atoms with van der Waals surface area (Å²) in [6.45, 7) is 9.11. The number of carbonyl (C=O) groups excluding carboxylic acids is 2. The molecule has 0 spiro atoms. The van der Waals surface area contributed by atoms with E-state index in [1.165, 1.54) is 0 Å². The van der Waals surface area contributed by atoms with Crippen molar-refractivity contribution in [3.8, 4) is 0 Å². The largest absolute Gasteiger partial charge is 0.463 e. The van der Waals surface area contributed by atoms with Crippen LogP contribution in [0.5, 0.6) is 0 Å². The summed E-state index contributed by atoms with van der Waals surface area (Å²) in [5, 5.41) is 0. The molecule has 0 unspecified atom stereocenters. The molecule has 0 saturated carbocycles. The molecule has 2 saturated heterocycles. The molecule has 0 aromatic heterocycles. The van der Waals surface area contributed by atoms with Crippen molar-refractivity contribution >= 4 is 11.9 Å². The van der Waals surface area contributed by atoms with Gasteiger partial charge in [-0.3, -0.25) is 0 Å². The van der Waals surface area contributed by atoms with Crippen LogP contribution >= 0.6 is 0 Å². The Bertz CT molecular complexity index is 413. The summed E-state index contributed by atoms with van der Waals surface area (Å²) >= 11 is 0. The fraction of sp³-hybridized carbons (Fsp3) is 0.692. The second kappa shape index (κ2) is 4.94. The third-order valence-electron chi connectivity index (χ3n) is 3.01. The highest BCUT2D eigenvalue weighted by Gasteiger charge is 2.55. The lowest BCUT2D eigenvalue weighted by molar-refractivity contribution is -0.186. The predicted octanol–water partition coefficient (Wildman–Crippen LogP) is 0.941. The smallest absolute Gasteiger partial charge is 0.338 e. The molecule has 0 aromatic rings. The predicted molar refractivity (Wildman–Crippen MR) is 64.1 cm³/mol. The molecule has 106 valence electrons. The Hall–Kier alpha value is -1.40. The maximum atomic E-state index is 11.7. The number of carbonyl (C=O) groups is 2. The maximum Gasteiger partial charge on any atom is 0.338 e. The van der Waals surface area contributed by atoms with Gasteiger partial charge in [-0.2, -0.15) is 0 Å². The van der Waals surface area contributed by atoms with E-state index in [-0.39, 0.29) is 18.6 Å². The molecule has 2 rings (SSSR count). The van der Waals surface area contributed by atoms with Crippen molar-refractivity contribution in [1.29, 1.82) is 0 Å². The van der Waals surface area contributed by atoms with Crippen LogP contribution in [0.25, 0.3) is 0 Å². The number of rotatable bonds is 4. The van der Waals surface area contributed by atoms with Gasteiger partial charge in [-0.05, 0) is 20.8 Å². The number of ether oxygens (including phenoxy) is 4. The minimum Gasteiger partial charge on any atom is -0.463 e. The molecule has 19 heavy (non-hydrogen) atoms. The summed E-state index contributed by atoms with van der Waals surface area (Å²) in [4.78, 5) is 23.2. The molecule has 2 aliphatic rings. The normalized spacial score (nSPS) is 31.7. The van der Waals surface area contributed by atoms with E-state index in [9.17, 15) is 9.59 Å². The molecule has 0 radical (unpaired) electrons. The van der Waals surface area contributed by atoms with Crippen molar-refractivity contribution in [2.24, 2.45) is 0 Å². The highest BCUT2D eigenvalue weighted by Crippen LogP contribution is 2.37. The van der Waals surface area contributed by atoms with Gasteiger partial charge in [-0.1, -0.05) is 6.58 Å². The van der Waals surface area contributed by atoms with E-state index in [0.717, 1.165) is 0 Å². The zero-order chi connectivity index (χ0) is 14.2. The van der Waals surface area contributed by atoms with Crippen molar-refractivity contribution in [1.82, 2.24) is 0 Å². The van der Waals surface area contributed by atoms with E-state index in [2.05, 4.69) is 6.58 Å².